The molecule has 8 heteroatoms. The van der Waals surface area contributed by atoms with Crippen molar-refractivity contribution in [3.8, 4) is 11.3 Å². The number of carbonyl (C=O) groups excluding carboxylic acids is 1. The zero-order valence-corrected chi connectivity index (χ0v) is 15.5. The standard InChI is InChI=1S/C21H20FN5O2/c22-15-5-4-13(20(23)29)11-14(15)16-6-7-19(27-26-16)25-12-21(9-8-18(21)28)17-3-1-2-10-24-17/h1-7,10-11,18,28H,8-9,12H2,(H2,23,29)(H,25,27). The second-order valence-corrected chi connectivity index (χ2v) is 7.14. The zero-order valence-electron chi connectivity index (χ0n) is 15.5. The number of pyridine rings is 1. The molecule has 29 heavy (non-hydrogen) atoms. The van der Waals surface area contributed by atoms with Crippen molar-refractivity contribution < 1.29 is 14.3 Å². The molecule has 0 aliphatic heterocycles. The van der Waals surface area contributed by atoms with Crippen molar-refractivity contribution in [2.75, 3.05) is 11.9 Å². The highest BCUT2D eigenvalue weighted by Crippen LogP contribution is 2.43. The molecule has 0 saturated heterocycles. The second kappa shape index (κ2) is 7.56. The van der Waals surface area contributed by atoms with Gasteiger partial charge in [-0.25, -0.2) is 4.39 Å². The van der Waals surface area contributed by atoms with Gasteiger partial charge in [-0.05, 0) is 55.3 Å². The number of aliphatic hydroxyl groups is 1. The number of halogens is 1. The van der Waals surface area contributed by atoms with Gasteiger partial charge in [0.05, 0.1) is 22.9 Å². The Morgan fingerprint density at radius 2 is 2.10 bits per heavy atom. The van der Waals surface area contributed by atoms with Gasteiger partial charge in [0.25, 0.3) is 0 Å². The summed E-state index contributed by atoms with van der Waals surface area (Å²) in [4.78, 5) is 15.7. The van der Waals surface area contributed by atoms with Gasteiger partial charge in [-0.3, -0.25) is 9.78 Å². The van der Waals surface area contributed by atoms with Crippen LogP contribution in [-0.4, -0.2) is 38.8 Å². The third-order valence-corrected chi connectivity index (χ3v) is 5.45. The fourth-order valence-corrected chi connectivity index (χ4v) is 3.57. The van der Waals surface area contributed by atoms with E-state index >= 15 is 0 Å². The van der Waals surface area contributed by atoms with Gasteiger partial charge in [0.2, 0.25) is 5.91 Å². The van der Waals surface area contributed by atoms with Gasteiger partial charge < -0.3 is 16.2 Å². The molecule has 1 fully saturated rings. The number of nitrogens with one attached hydrogen (secondary N) is 1. The van der Waals surface area contributed by atoms with E-state index < -0.39 is 23.2 Å². The maximum absolute atomic E-state index is 14.1. The van der Waals surface area contributed by atoms with Crippen molar-refractivity contribution in [1.29, 1.82) is 0 Å². The van der Waals surface area contributed by atoms with Gasteiger partial charge in [-0.1, -0.05) is 6.07 Å². The van der Waals surface area contributed by atoms with Crippen LogP contribution in [0, 0.1) is 5.82 Å². The minimum Gasteiger partial charge on any atom is -0.392 e. The van der Waals surface area contributed by atoms with E-state index in [-0.39, 0.29) is 11.1 Å². The Hall–Kier alpha value is -3.39. The number of aromatic nitrogens is 3. The van der Waals surface area contributed by atoms with Gasteiger partial charge in [-0.15, -0.1) is 10.2 Å². The number of aliphatic hydroxyl groups excluding tert-OH is 1. The normalized spacial score (nSPS) is 20.7. The number of amides is 1. The van der Waals surface area contributed by atoms with Gasteiger partial charge in [-0.2, -0.15) is 0 Å². The molecule has 3 aromatic rings. The molecule has 4 N–H and O–H groups in total. The minimum absolute atomic E-state index is 0.153. The van der Waals surface area contributed by atoms with Crippen LogP contribution in [0.2, 0.25) is 0 Å². The summed E-state index contributed by atoms with van der Waals surface area (Å²) in [6.45, 7) is 0.449. The molecule has 2 heterocycles. The predicted molar refractivity (Wildman–Crippen MR) is 106 cm³/mol. The van der Waals surface area contributed by atoms with Crippen molar-refractivity contribution in [2.24, 2.45) is 5.73 Å². The van der Waals surface area contributed by atoms with Crippen LogP contribution in [0.25, 0.3) is 11.3 Å². The molecule has 0 radical (unpaired) electrons. The van der Waals surface area contributed by atoms with Crippen LogP contribution >= 0.6 is 0 Å². The summed E-state index contributed by atoms with van der Waals surface area (Å²) in [6.07, 6.45) is 2.77. The molecular weight excluding hydrogens is 373 g/mol. The van der Waals surface area contributed by atoms with Crippen molar-refractivity contribution >= 4 is 11.7 Å². The molecule has 1 aromatic carbocycles. The number of carbonyl (C=O) groups is 1. The fraction of sp³-hybridized carbons (Fsp3) is 0.238. The highest BCUT2D eigenvalue weighted by Gasteiger charge is 2.48. The van der Waals surface area contributed by atoms with E-state index in [0.29, 0.717) is 18.1 Å². The number of hydrogen-bond acceptors (Lipinski definition) is 6. The summed E-state index contributed by atoms with van der Waals surface area (Å²) < 4.78 is 14.1. The van der Waals surface area contributed by atoms with E-state index in [1.54, 1.807) is 18.3 Å². The average molecular weight is 393 g/mol. The van der Waals surface area contributed by atoms with Crippen molar-refractivity contribution in [1.82, 2.24) is 15.2 Å². The van der Waals surface area contributed by atoms with E-state index in [1.807, 2.05) is 18.2 Å². The van der Waals surface area contributed by atoms with Gasteiger partial charge in [0.1, 0.15) is 11.6 Å². The summed E-state index contributed by atoms with van der Waals surface area (Å²) in [5.74, 6) is -0.664. The largest absolute Gasteiger partial charge is 0.392 e. The molecule has 0 spiro atoms. The topological polar surface area (TPSA) is 114 Å². The smallest absolute Gasteiger partial charge is 0.248 e. The molecule has 148 valence electrons. The molecule has 7 nitrogen and oxygen atoms in total. The third-order valence-electron chi connectivity index (χ3n) is 5.45. The van der Waals surface area contributed by atoms with E-state index in [4.69, 9.17) is 5.73 Å². The van der Waals surface area contributed by atoms with Crippen molar-refractivity contribution in [3.63, 3.8) is 0 Å². The van der Waals surface area contributed by atoms with E-state index in [2.05, 4.69) is 20.5 Å². The number of nitrogens with zero attached hydrogens (tertiary/aromatic N) is 3. The summed E-state index contributed by atoms with van der Waals surface area (Å²) in [5.41, 5.74) is 6.27. The number of hydrogen-bond donors (Lipinski definition) is 3. The Morgan fingerprint density at radius 3 is 2.69 bits per heavy atom. The van der Waals surface area contributed by atoms with Crippen LogP contribution in [0.4, 0.5) is 10.2 Å². The van der Waals surface area contributed by atoms with Crippen LogP contribution in [0.15, 0.2) is 54.7 Å². The van der Waals surface area contributed by atoms with Crippen LogP contribution in [0.5, 0.6) is 0 Å². The summed E-state index contributed by atoms with van der Waals surface area (Å²) >= 11 is 0. The minimum atomic E-state index is -0.642. The van der Waals surface area contributed by atoms with E-state index in [1.165, 1.54) is 18.2 Å². The molecule has 1 aliphatic rings. The van der Waals surface area contributed by atoms with Crippen LogP contribution < -0.4 is 11.1 Å². The molecule has 2 atom stereocenters. The summed E-state index contributed by atoms with van der Waals surface area (Å²) in [7, 11) is 0. The molecule has 1 aliphatic carbocycles. The Kier molecular flexibility index (Phi) is 4.94. The van der Waals surface area contributed by atoms with Gasteiger partial charge in [0.15, 0.2) is 0 Å². The molecule has 0 bridgehead atoms. The lowest BCUT2D eigenvalue weighted by Gasteiger charge is -2.46. The lowest BCUT2D eigenvalue weighted by atomic mass is 9.63. The Bertz CT molecular complexity index is 1030. The quantitative estimate of drug-likeness (QED) is 0.592. The highest BCUT2D eigenvalue weighted by atomic mass is 19.1. The maximum atomic E-state index is 14.1. The Morgan fingerprint density at radius 1 is 1.24 bits per heavy atom. The molecule has 2 unspecified atom stereocenters. The van der Waals surface area contributed by atoms with Crippen molar-refractivity contribution in [3.05, 3.63) is 71.8 Å². The number of rotatable bonds is 6. The van der Waals surface area contributed by atoms with Gasteiger partial charge in [0, 0.05) is 23.9 Å². The third kappa shape index (κ3) is 3.54. The first-order chi connectivity index (χ1) is 14.0. The lowest BCUT2D eigenvalue weighted by molar-refractivity contribution is -0.00173. The molecule has 4 rings (SSSR count). The SMILES string of the molecule is NC(=O)c1ccc(F)c(-c2ccc(NCC3(c4ccccn4)CCC3O)nn2)c1. The lowest BCUT2D eigenvalue weighted by Crippen LogP contribution is -2.53. The first-order valence-electron chi connectivity index (χ1n) is 9.26. The van der Waals surface area contributed by atoms with Crippen LogP contribution in [0.1, 0.15) is 28.9 Å². The average Bonchev–Trinajstić information content (AvgIpc) is 2.74. The van der Waals surface area contributed by atoms with Crippen molar-refractivity contribution in [2.45, 2.75) is 24.4 Å². The predicted octanol–water partition coefficient (Wildman–Crippen LogP) is 2.28. The second-order valence-electron chi connectivity index (χ2n) is 7.14. The molecule has 2 aromatic heterocycles. The molecule has 1 saturated carbocycles. The van der Waals surface area contributed by atoms with E-state index in [0.717, 1.165) is 18.5 Å². The number of benzene rings is 1. The highest BCUT2D eigenvalue weighted by molar-refractivity contribution is 5.94. The number of anilines is 1. The maximum Gasteiger partial charge on any atom is 0.248 e. The Balaban J connectivity index is 1.52. The molecule has 1 amide bonds. The first kappa shape index (κ1) is 18.9. The molecular formula is C21H20FN5O2. The monoisotopic (exact) mass is 393 g/mol. The fourth-order valence-electron chi connectivity index (χ4n) is 3.57. The van der Waals surface area contributed by atoms with Crippen LogP contribution in [0.3, 0.4) is 0 Å². The Labute approximate surface area is 166 Å². The number of nitrogens with two attached hydrogens (primary N) is 1. The summed E-state index contributed by atoms with van der Waals surface area (Å²) in [6, 6.07) is 12.8. The summed E-state index contributed by atoms with van der Waals surface area (Å²) in [5, 5.41) is 21.8. The number of primary amides is 1. The van der Waals surface area contributed by atoms with Crippen LogP contribution in [-0.2, 0) is 5.41 Å². The first-order valence-corrected chi connectivity index (χ1v) is 9.26. The van der Waals surface area contributed by atoms with E-state index in [9.17, 15) is 14.3 Å². The zero-order chi connectivity index (χ0) is 20.4. The van der Waals surface area contributed by atoms with Gasteiger partial charge >= 0.3 is 0 Å².